The van der Waals surface area contributed by atoms with Gasteiger partial charge in [0.25, 0.3) is 0 Å². The number of nitrogens with one attached hydrogen (secondary N) is 1. The average Bonchev–Trinajstić information content (AvgIpc) is 2.70. The number of fused-ring (bicyclic) bond motifs is 6. The maximum Gasteiger partial charge on any atom is 0.242 e. The van der Waals surface area contributed by atoms with Crippen molar-refractivity contribution >= 4 is 21.4 Å². The van der Waals surface area contributed by atoms with Crippen LogP contribution >= 0.6 is 0 Å². The molecule has 0 aromatic heterocycles. The highest BCUT2D eigenvalue weighted by Crippen LogP contribution is 2.46. The Morgan fingerprint density at radius 2 is 1.44 bits per heavy atom. The molecule has 1 N–H and O–H groups in total. The number of aryl methyl sites for hydroxylation is 5. The van der Waals surface area contributed by atoms with Gasteiger partial charge in [-0.15, -0.1) is 0 Å². The minimum Gasteiger partial charge on any atom is -0.349 e. The van der Waals surface area contributed by atoms with Crippen LogP contribution in [-0.4, -0.2) is 15.1 Å². The maximum atomic E-state index is 13.5. The molecule has 1 atom stereocenters. The molecule has 0 spiro atoms. The highest BCUT2D eigenvalue weighted by atomic mass is 32.2. The third kappa shape index (κ3) is 3.38. The van der Waals surface area contributed by atoms with Gasteiger partial charge in [0.1, 0.15) is 6.17 Å². The molecule has 3 aromatic carbocycles. The van der Waals surface area contributed by atoms with E-state index in [0.717, 1.165) is 34.6 Å². The smallest absolute Gasteiger partial charge is 0.242 e. The fourth-order valence-electron chi connectivity index (χ4n) is 5.31. The molecule has 166 valence electrons. The maximum absolute atomic E-state index is 13.5. The van der Waals surface area contributed by atoms with Crippen LogP contribution in [0, 0.1) is 34.6 Å². The quantitative estimate of drug-likeness (QED) is 0.614. The minimum atomic E-state index is -3.72. The van der Waals surface area contributed by atoms with Gasteiger partial charge in [0, 0.05) is 23.5 Å². The van der Waals surface area contributed by atoms with E-state index in [2.05, 4.69) is 66.5 Å². The topological polar surface area (TPSA) is 52.7 Å². The van der Waals surface area contributed by atoms with Crippen molar-refractivity contribution in [2.24, 2.45) is 0 Å². The van der Waals surface area contributed by atoms with Gasteiger partial charge in [-0.1, -0.05) is 53.1 Å². The van der Waals surface area contributed by atoms with Crippen molar-refractivity contribution in [3.05, 3.63) is 87.5 Å². The third-order valence-corrected chi connectivity index (χ3v) is 7.92. The lowest BCUT2D eigenvalue weighted by molar-refractivity contribution is 0.506. The summed E-state index contributed by atoms with van der Waals surface area (Å²) >= 11 is 0. The molecular weight excluding hydrogens is 418 g/mol. The van der Waals surface area contributed by atoms with Gasteiger partial charge in [-0.05, 0) is 63.4 Å². The van der Waals surface area contributed by atoms with E-state index in [-0.39, 0.29) is 4.90 Å². The standard InChI is InChI=1S/C26H29N3O2S/c1-16-6-8-22(9-7-16)32(30,31)27-26-23-13-18(3)11-20(5)25(23)28-14-21-12-17(2)10-19(4)24(21)29(26)15-28/h6-13,26-27H,14-15H2,1-5H3/t26-/m0/s1. The summed E-state index contributed by atoms with van der Waals surface area (Å²) < 4.78 is 30.0. The number of nitrogens with zero attached hydrogens (tertiary/aromatic N) is 2. The van der Waals surface area contributed by atoms with Crippen LogP contribution in [0.2, 0.25) is 0 Å². The van der Waals surface area contributed by atoms with E-state index >= 15 is 0 Å². The molecule has 2 aliphatic rings. The third-order valence-electron chi connectivity index (χ3n) is 6.49. The minimum absolute atomic E-state index is 0.286. The molecule has 0 aliphatic carbocycles. The predicted molar refractivity (Wildman–Crippen MR) is 130 cm³/mol. The summed E-state index contributed by atoms with van der Waals surface area (Å²) in [5.41, 5.74) is 10.2. The summed E-state index contributed by atoms with van der Waals surface area (Å²) in [5, 5.41) is 0. The van der Waals surface area contributed by atoms with Crippen molar-refractivity contribution in [3.8, 4) is 0 Å². The van der Waals surface area contributed by atoms with Crippen LogP contribution in [0.4, 0.5) is 11.4 Å². The van der Waals surface area contributed by atoms with Crippen LogP contribution in [0.15, 0.2) is 53.4 Å². The van der Waals surface area contributed by atoms with E-state index in [1.807, 2.05) is 19.1 Å². The second-order valence-electron chi connectivity index (χ2n) is 9.26. The molecule has 5 rings (SSSR count). The zero-order chi connectivity index (χ0) is 22.8. The molecular formula is C26H29N3O2S. The van der Waals surface area contributed by atoms with Crippen LogP contribution in [-0.2, 0) is 16.6 Å². The number of rotatable bonds is 3. The summed E-state index contributed by atoms with van der Waals surface area (Å²) in [6.07, 6.45) is -0.480. The molecule has 32 heavy (non-hydrogen) atoms. The Morgan fingerprint density at radius 3 is 2.12 bits per heavy atom. The van der Waals surface area contributed by atoms with Crippen molar-refractivity contribution in [1.29, 1.82) is 0 Å². The van der Waals surface area contributed by atoms with Crippen LogP contribution in [0.3, 0.4) is 0 Å². The monoisotopic (exact) mass is 447 g/mol. The fraction of sp³-hybridized carbons (Fsp3) is 0.308. The number of hydrogen-bond donors (Lipinski definition) is 1. The lowest BCUT2D eigenvalue weighted by atomic mass is 9.93. The van der Waals surface area contributed by atoms with Crippen LogP contribution in [0.25, 0.3) is 0 Å². The van der Waals surface area contributed by atoms with E-state index in [1.165, 1.54) is 22.3 Å². The molecule has 2 bridgehead atoms. The first-order chi connectivity index (χ1) is 15.1. The van der Waals surface area contributed by atoms with Gasteiger partial charge in [-0.3, -0.25) is 0 Å². The molecule has 0 unspecified atom stereocenters. The Bertz CT molecular complexity index is 1330. The summed E-state index contributed by atoms with van der Waals surface area (Å²) in [6.45, 7) is 11.8. The van der Waals surface area contributed by atoms with Crippen molar-refractivity contribution in [1.82, 2.24) is 4.72 Å². The normalized spacial score (nSPS) is 17.2. The summed E-state index contributed by atoms with van der Waals surface area (Å²) in [6, 6.07) is 15.7. The van der Waals surface area contributed by atoms with E-state index in [1.54, 1.807) is 12.1 Å². The molecule has 5 nitrogen and oxygen atoms in total. The van der Waals surface area contributed by atoms with E-state index in [4.69, 9.17) is 0 Å². The van der Waals surface area contributed by atoms with Crippen molar-refractivity contribution in [3.63, 3.8) is 0 Å². The highest BCUT2D eigenvalue weighted by molar-refractivity contribution is 7.89. The average molecular weight is 448 g/mol. The molecule has 0 saturated heterocycles. The summed E-state index contributed by atoms with van der Waals surface area (Å²) in [5.74, 6) is 0. The van der Waals surface area contributed by atoms with Gasteiger partial charge in [-0.25, -0.2) is 8.42 Å². The first kappa shape index (κ1) is 21.0. The molecule has 0 amide bonds. The van der Waals surface area contributed by atoms with Crippen LogP contribution in [0.1, 0.15) is 45.1 Å². The first-order valence-electron chi connectivity index (χ1n) is 11.0. The van der Waals surface area contributed by atoms with Gasteiger partial charge in [0.05, 0.1) is 11.6 Å². The van der Waals surface area contributed by atoms with Gasteiger partial charge in [0.2, 0.25) is 10.0 Å². The molecule has 2 aliphatic heterocycles. The molecule has 0 saturated carbocycles. The Morgan fingerprint density at radius 1 is 0.812 bits per heavy atom. The number of sulfonamides is 1. The van der Waals surface area contributed by atoms with E-state index in [0.29, 0.717) is 6.67 Å². The largest absolute Gasteiger partial charge is 0.349 e. The lowest BCUT2D eigenvalue weighted by Gasteiger charge is -2.50. The molecule has 0 fully saturated rings. The Balaban J connectivity index is 1.68. The van der Waals surface area contributed by atoms with Gasteiger partial charge >= 0.3 is 0 Å². The van der Waals surface area contributed by atoms with Crippen molar-refractivity contribution in [2.75, 3.05) is 16.5 Å². The first-order valence-corrected chi connectivity index (χ1v) is 12.4. The molecule has 0 radical (unpaired) electrons. The fourth-order valence-corrected chi connectivity index (χ4v) is 6.49. The second-order valence-corrected chi connectivity index (χ2v) is 11.0. The zero-order valence-corrected chi connectivity index (χ0v) is 20.0. The van der Waals surface area contributed by atoms with Gasteiger partial charge in [-0.2, -0.15) is 4.72 Å². The molecule has 3 aromatic rings. The highest BCUT2D eigenvalue weighted by Gasteiger charge is 2.40. The van der Waals surface area contributed by atoms with E-state index < -0.39 is 16.2 Å². The SMILES string of the molecule is Cc1ccc(S(=O)(=O)N[C@@H]2c3cc(C)cc(C)c3N3Cc4cc(C)cc(C)c4N2C3)cc1. The predicted octanol–water partition coefficient (Wildman–Crippen LogP) is 5.00. The van der Waals surface area contributed by atoms with Gasteiger partial charge < -0.3 is 9.80 Å². The Kier molecular flexibility index (Phi) is 4.84. The van der Waals surface area contributed by atoms with E-state index in [9.17, 15) is 8.42 Å². The zero-order valence-electron chi connectivity index (χ0n) is 19.2. The Hall–Kier alpha value is -2.83. The van der Waals surface area contributed by atoms with Crippen LogP contribution < -0.4 is 14.5 Å². The number of anilines is 2. The summed E-state index contributed by atoms with van der Waals surface area (Å²) in [7, 11) is -3.72. The molecule has 6 heteroatoms. The van der Waals surface area contributed by atoms with Crippen molar-refractivity contribution in [2.45, 2.75) is 52.2 Å². The van der Waals surface area contributed by atoms with Gasteiger partial charge in [0.15, 0.2) is 0 Å². The van der Waals surface area contributed by atoms with Crippen molar-refractivity contribution < 1.29 is 8.42 Å². The number of benzene rings is 3. The summed E-state index contributed by atoms with van der Waals surface area (Å²) in [4.78, 5) is 4.86. The van der Waals surface area contributed by atoms with Crippen LogP contribution in [0.5, 0.6) is 0 Å². The molecule has 2 heterocycles. The number of hydrogen-bond acceptors (Lipinski definition) is 4. The lowest BCUT2D eigenvalue weighted by Crippen LogP contribution is -2.54. The Labute approximate surface area is 190 Å². The second kappa shape index (κ2) is 7.36.